The highest BCUT2D eigenvalue weighted by Crippen LogP contribution is 2.42. The lowest BCUT2D eigenvalue weighted by molar-refractivity contribution is -0.116. The molecule has 0 bridgehead atoms. The van der Waals surface area contributed by atoms with E-state index in [0.717, 1.165) is 16.8 Å². The molecular weight excluding hydrogens is 451 g/mol. The molecule has 35 heavy (non-hydrogen) atoms. The summed E-state index contributed by atoms with van der Waals surface area (Å²) in [6, 6.07) is 11.6. The van der Waals surface area contributed by atoms with E-state index in [4.69, 9.17) is 9.47 Å². The average molecular weight is 474 g/mol. The first kappa shape index (κ1) is 22.5. The molecule has 4 aromatic rings. The minimum Gasteiger partial charge on any atom is -0.493 e. The van der Waals surface area contributed by atoms with Crippen LogP contribution in [0.3, 0.4) is 0 Å². The predicted molar refractivity (Wildman–Crippen MR) is 126 cm³/mol. The van der Waals surface area contributed by atoms with Crippen LogP contribution < -0.4 is 14.8 Å². The third kappa shape index (κ3) is 4.18. The number of rotatable bonds is 6. The van der Waals surface area contributed by atoms with E-state index in [1.807, 2.05) is 32.0 Å². The van der Waals surface area contributed by atoms with Gasteiger partial charge >= 0.3 is 0 Å². The summed E-state index contributed by atoms with van der Waals surface area (Å²) in [6.45, 7) is 4.30. The van der Waals surface area contributed by atoms with Crippen LogP contribution in [0, 0.1) is 12.7 Å². The fraction of sp³-hybridized carbons (Fsp3) is 0.240. The third-order valence-corrected chi connectivity index (χ3v) is 5.87. The van der Waals surface area contributed by atoms with Crippen LogP contribution in [-0.2, 0) is 4.79 Å². The molecule has 0 saturated carbocycles. The number of hydrogen-bond acceptors (Lipinski definition) is 7. The second kappa shape index (κ2) is 9.13. The Labute approximate surface area is 200 Å². The third-order valence-electron chi connectivity index (χ3n) is 5.87. The zero-order chi connectivity index (χ0) is 24.5. The van der Waals surface area contributed by atoms with Crippen LogP contribution in [0.5, 0.6) is 11.5 Å². The molecule has 1 amide bonds. The summed E-state index contributed by atoms with van der Waals surface area (Å²) in [6.07, 6.45) is 1.75. The van der Waals surface area contributed by atoms with Crippen molar-refractivity contribution in [2.45, 2.75) is 26.2 Å². The Kier molecular flexibility index (Phi) is 5.86. The standard InChI is InChI=1S/C25H23FN6O3/c1-4-35-20-10-7-16(11-21(20)34-3)18-12-22(33)29-24-23(18)14(2)31-32(24)25-28-19(13-27-30-25)15-5-8-17(26)9-6-15/h5-11,13,18H,4,12H2,1-3H3,(H,29,33)/t18-/m0/s1. The van der Waals surface area contributed by atoms with Crippen LogP contribution >= 0.6 is 0 Å². The number of nitrogens with one attached hydrogen (secondary N) is 1. The van der Waals surface area contributed by atoms with Crippen molar-refractivity contribution >= 4 is 11.7 Å². The molecule has 0 fully saturated rings. The summed E-state index contributed by atoms with van der Waals surface area (Å²) < 4.78 is 26.0. The highest BCUT2D eigenvalue weighted by Gasteiger charge is 2.33. The van der Waals surface area contributed by atoms with Crippen molar-refractivity contribution < 1.29 is 18.7 Å². The second-order valence-electron chi connectivity index (χ2n) is 8.06. The van der Waals surface area contributed by atoms with E-state index in [0.29, 0.717) is 35.2 Å². The van der Waals surface area contributed by atoms with Gasteiger partial charge in [-0.1, -0.05) is 6.07 Å². The molecule has 2 aromatic carbocycles. The molecule has 0 saturated heterocycles. The van der Waals surface area contributed by atoms with Gasteiger partial charge in [-0.05, 0) is 55.8 Å². The summed E-state index contributed by atoms with van der Waals surface area (Å²) in [5.74, 6) is 1.19. The number of ether oxygens (including phenoxy) is 2. The van der Waals surface area contributed by atoms with Crippen LogP contribution in [-0.4, -0.2) is 44.6 Å². The number of methoxy groups -OCH3 is 1. The topological polar surface area (TPSA) is 104 Å². The van der Waals surface area contributed by atoms with Gasteiger partial charge in [0.2, 0.25) is 5.91 Å². The normalized spacial score (nSPS) is 14.9. The number of carbonyl (C=O) groups is 1. The lowest BCUT2D eigenvalue weighted by Gasteiger charge is -2.24. The summed E-state index contributed by atoms with van der Waals surface area (Å²) in [5, 5.41) is 15.7. The molecule has 1 aliphatic rings. The van der Waals surface area contributed by atoms with Crippen molar-refractivity contribution in [3.05, 3.63) is 71.3 Å². The number of aromatic nitrogens is 5. The lowest BCUT2D eigenvalue weighted by Crippen LogP contribution is -2.25. The fourth-order valence-electron chi connectivity index (χ4n) is 4.30. The molecular formula is C25H23FN6O3. The Balaban J connectivity index is 1.58. The number of benzene rings is 2. The predicted octanol–water partition coefficient (Wildman–Crippen LogP) is 4.05. The van der Waals surface area contributed by atoms with Gasteiger partial charge < -0.3 is 14.8 Å². The van der Waals surface area contributed by atoms with E-state index in [9.17, 15) is 9.18 Å². The Hall–Kier alpha value is -4.34. The van der Waals surface area contributed by atoms with Crippen molar-refractivity contribution in [2.24, 2.45) is 0 Å². The summed E-state index contributed by atoms with van der Waals surface area (Å²) in [7, 11) is 1.59. The largest absolute Gasteiger partial charge is 0.493 e. The minimum atomic E-state index is -0.340. The van der Waals surface area contributed by atoms with Gasteiger partial charge in [-0.15, -0.1) is 5.10 Å². The number of halogens is 1. The number of aryl methyl sites for hydroxylation is 1. The van der Waals surface area contributed by atoms with Gasteiger partial charge in [0.15, 0.2) is 11.5 Å². The van der Waals surface area contributed by atoms with Crippen molar-refractivity contribution in [3.63, 3.8) is 0 Å². The summed E-state index contributed by atoms with van der Waals surface area (Å²) >= 11 is 0. The van der Waals surface area contributed by atoms with Crippen molar-refractivity contribution in [2.75, 3.05) is 19.0 Å². The highest BCUT2D eigenvalue weighted by molar-refractivity contribution is 5.95. The Morgan fingerprint density at radius 1 is 1.17 bits per heavy atom. The maximum Gasteiger partial charge on any atom is 0.272 e. The van der Waals surface area contributed by atoms with Crippen LogP contribution in [0.1, 0.15) is 36.1 Å². The van der Waals surface area contributed by atoms with Crippen LogP contribution in [0.2, 0.25) is 0 Å². The van der Waals surface area contributed by atoms with E-state index in [2.05, 4.69) is 25.6 Å². The number of fused-ring (bicyclic) bond motifs is 1. The molecule has 178 valence electrons. The van der Waals surface area contributed by atoms with Crippen LogP contribution in [0.15, 0.2) is 48.7 Å². The first-order chi connectivity index (χ1) is 17.0. The maximum atomic E-state index is 13.3. The van der Waals surface area contributed by atoms with E-state index < -0.39 is 0 Å². The van der Waals surface area contributed by atoms with E-state index in [1.165, 1.54) is 23.0 Å². The molecule has 1 N–H and O–H groups in total. The number of anilines is 1. The van der Waals surface area contributed by atoms with Gasteiger partial charge in [0.1, 0.15) is 11.6 Å². The fourth-order valence-corrected chi connectivity index (χ4v) is 4.30. The Bertz CT molecular complexity index is 1400. The summed E-state index contributed by atoms with van der Waals surface area (Å²) in [5.41, 5.74) is 3.69. The van der Waals surface area contributed by atoms with Gasteiger partial charge in [0.05, 0.1) is 31.3 Å². The van der Waals surface area contributed by atoms with Gasteiger partial charge in [-0.3, -0.25) is 4.79 Å². The molecule has 9 nitrogen and oxygen atoms in total. The lowest BCUT2D eigenvalue weighted by atomic mass is 9.85. The molecule has 5 rings (SSSR count). The van der Waals surface area contributed by atoms with Crippen molar-refractivity contribution in [3.8, 4) is 28.7 Å². The zero-order valence-electron chi connectivity index (χ0n) is 19.4. The molecule has 3 heterocycles. The van der Waals surface area contributed by atoms with E-state index in [-0.39, 0.29) is 30.0 Å². The van der Waals surface area contributed by atoms with Crippen molar-refractivity contribution in [1.82, 2.24) is 25.0 Å². The number of amides is 1. The van der Waals surface area contributed by atoms with Crippen molar-refractivity contribution in [1.29, 1.82) is 0 Å². The second-order valence-corrected chi connectivity index (χ2v) is 8.06. The SMILES string of the molecule is CCOc1ccc([C@@H]2CC(=O)Nc3c2c(C)nn3-c2nncc(-c3ccc(F)cc3)n2)cc1OC. The number of carbonyl (C=O) groups excluding carboxylic acids is 1. The van der Waals surface area contributed by atoms with Gasteiger partial charge in [-0.2, -0.15) is 14.9 Å². The Morgan fingerprint density at radius 2 is 1.97 bits per heavy atom. The van der Waals surface area contributed by atoms with Crippen LogP contribution in [0.25, 0.3) is 17.2 Å². The molecule has 0 unspecified atom stereocenters. The van der Waals surface area contributed by atoms with E-state index >= 15 is 0 Å². The molecule has 0 spiro atoms. The highest BCUT2D eigenvalue weighted by atomic mass is 19.1. The molecule has 0 aliphatic carbocycles. The number of nitrogens with zero attached hydrogens (tertiary/aromatic N) is 5. The quantitative estimate of drug-likeness (QED) is 0.450. The molecule has 1 aliphatic heterocycles. The summed E-state index contributed by atoms with van der Waals surface area (Å²) in [4.78, 5) is 17.3. The number of hydrogen-bond donors (Lipinski definition) is 1. The van der Waals surface area contributed by atoms with E-state index in [1.54, 1.807) is 19.2 Å². The molecule has 1 atom stereocenters. The minimum absolute atomic E-state index is 0.154. The first-order valence-corrected chi connectivity index (χ1v) is 11.1. The Morgan fingerprint density at radius 3 is 2.71 bits per heavy atom. The smallest absolute Gasteiger partial charge is 0.272 e. The molecule has 0 radical (unpaired) electrons. The monoisotopic (exact) mass is 474 g/mol. The molecule has 2 aromatic heterocycles. The first-order valence-electron chi connectivity index (χ1n) is 11.1. The van der Waals surface area contributed by atoms with Gasteiger partial charge in [0, 0.05) is 23.5 Å². The van der Waals surface area contributed by atoms with Crippen LogP contribution in [0.4, 0.5) is 10.2 Å². The maximum absolute atomic E-state index is 13.3. The zero-order valence-corrected chi connectivity index (χ0v) is 19.4. The van der Waals surface area contributed by atoms with Gasteiger partial charge in [-0.25, -0.2) is 9.37 Å². The van der Waals surface area contributed by atoms with Gasteiger partial charge in [0.25, 0.3) is 5.95 Å². The molecule has 10 heteroatoms. The average Bonchev–Trinajstić information content (AvgIpc) is 3.20.